The van der Waals surface area contributed by atoms with Crippen LogP contribution in [0.25, 0.3) is 0 Å². The van der Waals surface area contributed by atoms with Crippen molar-refractivity contribution in [1.82, 2.24) is 9.88 Å². The standard InChI is InChI=1S/C24H24N4O2/c29-23(17-28(20-12-13-20)16-18-7-6-14-25-15-18)27-22-11-5-4-10-21(22)24(30)26-19-8-2-1-3-9-19/h1-11,14-15,20H,12-13,16-17H2,(H,26,30)(H,27,29). The molecule has 4 rings (SSSR count). The number of hydrogen-bond donors (Lipinski definition) is 2. The van der Waals surface area contributed by atoms with Crippen molar-refractivity contribution in [2.45, 2.75) is 25.4 Å². The highest BCUT2D eigenvalue weighted by Gasteiger charge is 2.30. The van der Waals surface area contributed by atoms with E-state index < -0.39 is 0 Å². The molecule has 6 heteroatoms. The zero-order valence-electron chi connectivity index (χ0n) is 16.6. The Morgan fingerprint density at radius 2 is 1.70 bits per heavy atom. The lowest BCUT2D eigenvalue weighted by Crippen LogP contribution is -2.35. The van der Waals surface area contributed by atoms with E-state index >= 15 is 0 Å². The maximum absolute atomic E-state index is 12.8. The van der Waals surface area contributed by atoms with E-state index in [0.29, 0.717) is 29.5 Å². The minimum absolute atomic E-state index is 0.134. The van der Waals surface area contributed by atoms with Gasteiger partial charge in [0.1, 0.15) is 0 Å². The fourth-order valence-electron chi connectivity index (χ4n) is 3.36. The zero-order valence-corrected chi connectivity index (χ0v) is 16.6. The normalized spacial score (nSPS) is 13.1. The molecule has 2 aromatic carbocycles. The molecule has 1 aromatic heterocycles. The van der Waals surface area contributed by atoms with Gasteiger partial charge in [0.15, 0.2) is 0 Å². The van der Waals surface area contributed by atoms with Gasteiger partial charge in [0.05, 0.1) is 17.8 Å². The topological polar surface area (TPSA) is 74.3 Å². The van der Waals surface area contributed by atoms with E-state index in [0.717, 1.165) is 18.4 Å². The Morgan fingerprint density at radius 1 is 0.933 bits per heavy atom. The first-order valence-electron chi connectivity index (χ1n) is 10.1. The van der Waals surface area contributed by atoms with E-state index in [1.165, 1.54) is 0 Å². The van der Waals surface area contributed by atoms with Crippen molar-refractivity contribution >= 4 is 23.2 Å². The summed E-state index contributed by atoms with van der Waals surface area (Å²) < 4.78 is 0. The summed E-state index contributed by atoms with van der Waals surface area (Å²) in [6.07, 6.45) is 5.78. The number of anilines is 2. The highest BCUT2D eigenvalue weighted by atomic mass is 16.2. The van der Waals surface area contributed by atoms with Gasteiger partial charge in [0.2, 0.25) is 5.91 Å². The molecule has 0 bridgehead atoms. The van der Waals surface area contributed by atoms with Crippen LogP contribution in [0.2, 0.25) is 0 Å². The molecular formula is C24H24N4O2. The first kappa shape index (κ1) is 19.8. The summed E-state index contributed by atoms with van der Waals surface area (Å²) in [6.45, 7) is 0.955. The Morgan fingerprint density at radius 3 is 2.43 bits per heavy atom. The molecule has 3 aromatic rings. The van der Waals surface area contributed by atoms with Crippen LogP contribution in [0.5, 0.6) is 0 Å². The summed E-state index contributed by atoms with van der Waals surface area (Å²) in [5, 5.41) is 5.78. The van der Waals surface area contributed by atoms with Crippen molar-refractivity contribution < 1.29 is 9.59 Å². The maximum atomic E-state index is 12.8. The Bertz CT molecular complexity index is 1000. The molecule has 1 aliphatic carbocycles. The molecule has 2 N–H and O–H groups in total. The molecule has 1 aliphatic rings. The molecule has 1 fully saturated rings. The van der Waals surface area contributed by atoms with Gasteiger partial charge in [-0.15, -0.1) is 0 Å². The third-order valence-corrected chi connectivity index (χ3v) is 5.00. The van der Waals surface area contributed by atoms with Gasteiger partial charge in [-0.3, -0.25) is 19.5 Å². The third-order valence-electron chi connectivity index (χ3n) is 5.00. The molecule has 0 aliphatic heterocycles. The molecule has 0 saturated heterocycles. The molecule has 1 heterocycles. The van der Waals surface area contributed by atoms with Crippen molar-refractivity contribution in [1.29, 1.82) is 0 Å². The average molecular weight is 400 g/mol. The van der Waals surface area contributed by atoms with Crippen LogP contribution in [0.3, 0.4) is 0 Å². The molecule has 1 saturated carbocycles. The summed E-state index contributed by atoms with van der Waals surface area (Å²) in [5.41, 5.74) is 2.73. The summed E-state index contributed by atoms with van der Waals surface area (Å²) in [6, 6.07) is 20.7. The number of benzene rings is 2. The Labute approximate surface area is 175 Å². The van der Waals surface area contributed by atoms with E-state index in [2.05, 4.69) is 20.5 Å². The molecule has 152 valence electrons. The van der Waals surface area contributed by atoms with Crippen molar-refractivity contribution in [2.75, 3.05) is 17.2 Å². The molecule has 0 unspecified atom stereocenters. The SMILES string of the molecule is O=C(CN(Cc1cccnc1)C1CC1)Nc1ccccc1C(=O)Nc1ccccc1. The summed E-state index contributed by atoms with van der Waals surface area (Å²) in [5.74, 6) is -0.391. The first-order valence-corrected chi connectivity index (χ1v) is 10.1. The molecule has 0 atom stereocenters. The van der Waals surface area contributed by atoms with Crippen LogP contribution >= 0.6 is 0 Å². The van der Waals surface area contributed by atoms with Gasteiger partial charge < -0.3 is 10.6 Å². The van der Waals surface area contributed by atoms with E-state index in [1.54, 1.807) is 24.4 Å². The second kappa shape index (κ2) is 9.33. The number of carbonyl (C=O) groups is 2. The Kier molecular flexibility index (Phi) is 6.15. The minimum atomic E-state index is -0.258. The maximum Gasteiger partial charge on any atom is 0.257 e. The zero-order chi connectivity index (χ0) is 20.8. The number of para-hydroxylation sites is 2. The van der Waals surface area contributed by atoms with Gasteiger partial charge >= 0.3 is 0 Å². The number of aromatic nitrogens is 1. The van der Waals surface area contributed by atoms with Gasteiger partial charge in [-0.25, -0.2) is 0 Å². The van der Waals surface area contributed by atoms with E-state index in [-0.39, 0.29) is 18.4 Å². The van der Waals surface area contributed by atoms with Gasteiger partial charge in [0.25, 0.3) is 5.91 Å². The van der Waals surface area contributed by atoms with Crippen LogP contribution in [-0.2, 0) is 11.3 Å². The highest BCUT2D eigenvalue weighted by molar-refractivity contribution is 6.10. The van der Waals surface area contributed by atoms with Crippen LogP contribution in [0.15, 0.2) is 79.1 Å². The van der Waals surface area contributed by atoms with Crippen molar-refractivity contribution in [3.05, 3.63) is 90.3 Å². The third kappa shape index (κ3) is 5.30. The van der Waals surface area contributed by atoms with E-state index in [4.69, 9.17) is 0 Å². The first-order chi connectivity index (χ1) is 14.7. The van der Waals surface area contributed by atoms with Crippen molar-refractivity contribution in [3.63, 3.8) is 0 Å². The molecule has 2 amide bonds. The summed E-state index contributed by atoms with van der Waals surface area (Å²) in [7, 11) is 0. The van der Waals surface area contributed by atoms with Gasteiger partial charge in [0, 0.05) is 30.7 Å². The van der Waals surface area contributed by atoms with Crippen LogP contribution in [0.4, 0.5) is 11.4 Å². The summed E-state index contributed by atoms with van der Waals surface area (Å²) >= 11 is 0. The van der Waals surface area contributed by atoms with Crippen LogP contribution in [0, 0.1) is 0 Å². The van der Waals surface area contributed by atoms with Crippen LogP contribution in [-0.4, -0.2) is 34.3 Å². The van der Waals surface area contributed by atoms with E-state index in [1.807, 2.05) is 54.7 Å². The van der Waals surface area contributed by atoms with Crippen molar-refractivity contribution in [2.24, 2.45) is 0 Å². The predicted molar refractivity (Wildman–Crippen MR) is 117 cm³/mol. The van der Waals surface area contributed by atoms with Gasteiger partial charge in [-0.1, -0.05) is 36.4 Å². The largest absolute Gasteiger partial charge is 0.324 e. The van der Waals surface area contributed by atoms with Crippen LogP contribution in [0.1, 0.15) is 28.8 Å². The smallest absolute Gasteiger partial charge is 0.257 e. The Hall–Kier alpha value is -3.51. The number of amides is 2. The van der Waals surface area contributed by atoms with Crippen molar-refractivity contribution in [3.8, 4) is 0 Å². The number of nitrogens with one attached hydrogen (secondary N) is 2. The number of hydrogen-bond acceptors (Lipinski definition) is 4. The predicted octanol–water partition coefficient (Wildman–Crippen LogP) is 3.94. The number of carbonyl (C=O) groups excluding carboxylic acids is 2. The molecule has 6 nitrogen and oxygen atoms in total. The lowest BCUT2D eigenvalue weighted by Gasteiger charge is -2.21. The number of nitrogens with zero attached hydrogens (tertiary/aromatic N) is 2. The number of rotatable bonds is 8. The van der Waals surface area contributed by atoms with E-state index in [9.17, 15) is 9.59 Å². The minimum Gasteiger partial charge on any atom is -0.324 e. The van der Waals surface area contributed by atoms with Gasteiger partial charge in [-0.05, 0) is 48.7 Å². The summed E-state index contributed by atoms with van der Waals surface area (Å²) in [4.78, 5) is 31.8. The molecule has 0 radical (unpaired) electrons. The quantitative estimate of drug-likeness (QED) is 0.601. The highest BCUT2D eigenvalue weighted by Crippen LogP contribution is 2.28. The molecular weight excluding hydrogens is 376 g/mol. The fraction of sp³-hybridized carbons (Fsp3) is 0.208. The molecule has 0 spiro atoms. The average Bonchev–Trinajstić information content (AvgIpc) is 3.60. The fourth-order valence-corrected chi connectivity index (χ4v) is 3.36. The second-order valence-corrected chi connectivity index (χ2v) is 7.41. The lowest BCUT2D eigenvalue weighted by molar-refractivity contribution is -0.117. The number of pyridine rings is 1. The molecule has 30 heavy (non-hydrogen) atoms. The second-order valence-electron chi connectivity index (χ2n) is 7.41. The Balaban J connectivity index is 1.42. The monoisotopic (exact) mass is 400 g/mol. The van der Waals surface area contributed by atoms with Gasteiger partial charge in [-0.2, -0.15) is 0 Å². The lowest BCUT2D eigenvalue weighted by atomic mass is 10.1. The van der Waals surface area contributed by atoms with Crippen LogP contribution < -0.4 is 10.6 Å².